The molecule has 0 unspecified atom stereocenters. The van der Waals surface area contributed by atoms with E-state index >= 15 is 0 Å². The molecule has 1 fully saturated rings. The van der Waals surface area contributed by atoms with Crippen molar-refractivity contribution in [3.63, 3.8) is 0 Å². The normalized spacial score (nSPS) is 17.3. The third-order valence-corrected chi connectivity index (χ3v) is 8.44. The van der Waals surface area contributed by atoms with Gasteiger partial charge in [-0.1, -0.05) is 35.9 Å². The van der Waals surface area contributed by atoms with Crippen LogP contribution >= 0.6 is 11.6 Å². The van der Waals surface area contributed by atoms with Crippen LogP contribution < -0.4 is 0 Å². The lowest BCUT2D eigenvalue weighted by molar-refractivity contribution is 0.272. The zero-order valence-corrected chi connectivity index (χ0v) is 15.9. The molecule has 0 saturated carbocycles. The van der Waals surface area contributed by atoms with Crippen molar-refractivity contribution >= 4 is 31.6 Å². The molecule has 1 aliphatic rings. The van der Waals surface area contributed by atoms with Crippen molar-refractivity contribution in [2.24, 2.45) is 0 Å². The quantitative estimate of drug-likeness (QED) is 0.762. The highest BCUT2D eigenvalue weighted by atomic mass is 35.5. The maximum absolute atomic E-state index is 13.8. The molecule has 2 aromatic carbocycles. The number of nitrogens with zero attached hydrogens (tertiary/aromatic N) is 2. The fraction of sp³-hybridized carbons (Fsp3) is 0.250. The maximum Gasteiger partial charge on any atom is 0.246 e. The summed E-state index contributed by atoms with van der Waals surface area (Å²) < 4.78 is 66.7. The lowest BCUT2D eigenvalue weighted by atomic mass is 10.3. The SMILES string of the molecule is O=S(=O)(c1ccccc1F)N1CCN(S(=O)(=O)c2ccccc2Cl)CC1. The van der Waals surface area contributed by atoms with Gasteiger partial charge in [-0.2, -0.15) is 8.61 Å². The van der Waals surface area contributed by atoms with Gasteiger partial charge in [-0.3, -0.25) is 0 Å². The van der Waals surface area contributed by atoms with Crippen molar-refractivity contribution in [1.82, 2.24) is 8.61 Å². The van der Waals surface area contributed by atoms with E-state index in [4.69, 9.17) is 11.6 Å². The molecule has 0 radical (unpaired) electrons. The molecule has 140 valence electrons. The molecule has 0 amide bonds. The molecule has 1 heterocycles. The van der Waals surface area contributed by atoms with E-state index in [0.717, 1.165) is 10.4 Å². The Kier molecular flexibility index (Phi) is 5.36. The minimum Gasteiger partial charge on any atom is -0.207 e. The van der Waals surface area contributed by atoms with Crippen molar-refractivity contribution < 1.29 is 21.2 Å². The van der Waals surface area contributed by atoms with Gasteiger partial charge in [0.15, 0.2) is 0 Å². The molecule has 0 N–H and O–H groups in total. The van der Waals surface area contributed by atoms with E-state index in [0.29, 0.717) is 0 Å². The summed E-state index contributed by atoms with van der Waals surface area (Å²) in [7, 11) is -7.85. The Morgan fingerprint density at radius 3 is 1.65 bits per heavy atom. The molecule has 10 heteroatoms. The Morgan fingerprint density at radius 2 is 1.15 bits per heavy atom. The maximum atomic E-state index is 13.8. The second kappa shape index (κ2) is 7.24. The van der Waals surface area contributed by atoms with E-state index in [2.05, 4.69) is 0 Å². The van der Waals surface area contributed by atoms with Crippen LogP contribution in [-0.4, -0.2) is 51.6 Å². The first-order valence-electron chi connectivity index (χ1n) is 7.74. The number of hydrogen-bond donors (Lipinski definition) is 0. The fourth-order valence-electron chi connectivity index (χ4n) is 2.74. The lowest BCUT2D eigenvalue weighted by Gasteiger charge is -2.33. The first-order valence-corrected chi connectivity index (χ1v) is 11.0. The summed E-state index contributed by atoms with van der Waals surface area (Å²) in [5.41, 5.74) is 0. The van der Waals surface area contributed by atoms with Gasteiger partial charge >= 0.3 is 0 Å². The van der Waals surface area contributed by atoms with Gasteiger partial charge < -0.3 is 0 Å². The Morgan fingerprint density at radius 1 is 0.731 bits per heavy atom. The van der Waals surface area contributed by atoms with Crippen LogP contribution in [0, 0.1) is 5.82 Å². The van der Waals surface area contributed by atoms with Crippen LogP contribution in [0.5, 0.6) is 0 Å². The second-order valence-electron chi connectivity index (χ2n) is 5.67. The molecule has 26 heavy (non-hydrogen) atoms. The lowest BCUT2D eigenvalue weighted by Crippen LogP contribution is -2.50. The standard InChI is InChI=1S/C16H16ClFN2O4S2/c17-13-5-1-3-7-15(13)25(21,22)19-9-11-20(12-10-19)26(23,24)16-8-4-2-6-14(16)18/h1-8H,9-12H2. The summed E-state index contributed by atoms with van der Waals surface area (Å²) >= 11 is 5.97. The molecule has 0 aliphatic carbocycles. The molecule has 1 saturated heterocycles. The zero-order valence-electron chi connectivity index (χ0n) is 13.5. The van der Waals surface area contributed by atoms with Gasteiger partial charge in [-0.15, -0.1) is 0 Å². The molecular formula is C16H16ClFN2O4S2. The Balaban J connectivity index is 1.80. The third kappa shape index (κ3) is 3.49. The van der Waals surface area contributed by atoms with E-state index < -0.39 is 30.8 Å². The average molecular weight is 419 g/mol. The summed E-state index contributed by atoms with van der Waals surface area (Å²) in [5, 5.41) is 0.105. The van der Waals surface area contributed by atoms with Gasteiger partial charge in [0, 0.05) is 26.2 Å². The van der Waals surface area contributed by atoms with Crippen LogP contribution in [0.25, 0.3) is 0 Å². The van der Waals surface area contributed by atoms with Crippen molar-refractivity contribution in [1.29, 1.82) is 0 Å². The van der Waals surface area contributed by atoms with Crippen LogP contribution in [0.15, 0.2) is 58.3 Å². The van der Waals surface area contributed by atoms with E-state index in [9.17, 15) is 21.2 Å². The van der Waals surface area contributed by atoms with E-state index in [1.807, 2.05) is 0 Å². The van der Waals surface area contributed by atoms with Crippen LogP contribution in [0.2, 0.25) is 5.02 Å². The number of piperazine rings is 1. The topological polar surface area (TPSA) is 74.8 Å². The minimum absolute atomic E-state index is 0.0212. The molecule has 0 aromatic heterocycles. The number of halogens is 2. The molecule has 3 rings (SSSR count). The van der Waals surface area contributed by atoms with Crippen LogP contribution in [0.3, 0.4) is 0 Å². The zero-order chi connectivity index (χ0) is 18.9. The summed E-state index contributed by atoms with van der Waals surface area (Å²) in [6, 6.07) is 11.2. The summed E-state index contributed by atoms with van der Waals surface area (Å²) in [6.45, 7) is -0.219. The summed E-state index contributed by atoms with van der Waals surface area (Å²) in [5.74, 6) is -0.835. The van der Waals surface area contributed by atoms with Gasteiger partial charge in [-0.05, 0) is 24.3 Å². The van der Waals surface area contributed by atoms with Crippen molar-refractivity contribution in [2.75, 3.05) is 26.2 Å². The minimum atomic E-state index is -4.02. The first-order chi connectivity index (χ1) is 12.2. The number of sulfonamides is 2. The van der Waals surface area contributed by atoms with Crippen LogP contribution in [-0.2, 0) is 20.0 Å². The van der Waals surface area contributed by atoms with Crippen molar-refractivity contribution in [3.05, 3.63) is 59.4 Å². The predicted octanol–water partition coefficient (Wildman–Crippen LogP) is 2.17. The molecule has 0 spiro atoms. The first kappa shape index (κ1) is 19.2. The highest BCUT2D eigenvalue weighted by Gasteiger charge is 2.35. The van der Waals surface area contributed by atoms with Crippen LogP contribution in [0.1, 0.15) is 0 Å². The second-order valence-corrected chi connectivity index (χ2v) is 9.89. The monoisotopic (exact) mass is 418 g/mol. The predicted molar refractivity (Wildman–Crippen MR) is 95.4 cm³/mol. The molecule has 0 bridgehead atoms. The van der Waals surface area contributed by atoms with E-state index in [1.165, 1.54) is 34.6 Å². The van der Waals surface area contributed by atoms with Gasteiger partial charge in [0.25, 0.3) is 0 Å². The Hall–Kier alpha value is -1.52. The van der Waals surface area contributed by atoms with E-state index in [-0.39, 0.29) is 36.1 Å². The summed E-state index contributed by atoms with van der Waals surface area (Å²) in [4.78, 5) is -0.436. The van der Waals surface area contributed by atoms with Crippen LogP contribution in [0.4, 0.5) is 4.39 Å². The molecule has 1 aliphatic heterocycles. The smallest absolute Gasteiger partial charge is 0.207 e. The largest absolute Gasteiger partial charge is 0.246 e. The summed E-state index contributed by atoms with van der Waals surface area (Å²) in [6.07, 6.45) is 0. The van der Waals surface area contributed by atoms with Gasteiger partial charge in [0.05, 0.1) is 5.02 Å². The molecular weight excluding hydrogens is 403 g/mol. The van der Waals surface area contributed by atoms with Gasteiger partial charge in [0.2, 0.25) is 20.0 Å². The number of hydrogen-bond acceptors (Lipinski definition) is 4. The Bertz CT molecular complexity index is 937. The van der Waals surface area contributed by atoms with Gasteiger partial charge in [-0.25, -0.2) is 21.2 Å². The number of benzene rings is 2. The highest BCUT2D eigenvalue weighted by Crippen LogP contribution is 2.26. The molecule has 6 nitrogen and oxygen atoms in total. The number of rotatable bonds is 4. The Labute approximate surface area is 156 Å². The average Bonchev–Trinajstić information content (AvgIpc) is 2.62. The molecule has 0 atom stereocenters. The van der Waals surface area contributed by atoms with Crippen molar-refractivity contribution in [3.8, 4) is 0 Å². The van der Waals surface area contributed by atoms with Crippen molar-refractivity contribution in [2.45, 2.75) is 9.79 Å². The molecule has 2 aromatic rings. The van der Waals surface area contributed by atoms with Gasteiger partial charge in [0.1, 0.15) is 15.6 Å². The highest BCUT2D eigenvalue weighted by molar-refractivity contribution is 7.89. The fourth-order valence-corrected chi connectivity index (χ4v) is 6.14. The van der Waals surface area contributed by atoms with E-state index in [1.54, 1.807) is 12.1 Å². The third-order valence-electron chi connectivity index (χ3n) is 4.11.